The van der Waals surface area contributed by atoms with E-state index in [1.54, 1.807) is 18.2 Å². The number of nitrogens with two attached hydrogens (primary N) is 1. The van der Waals surface area contributed by atoms with Gasteiger partial charge in [-0.25, -0.2) is 14.0 Å². The van der Waals surface area contributed by atoms with Crippen LogP contribution in [-0.4, -0.2) is 51.4 Å². The van der Waals surface area contributed by atoms with E-state index < -0.39 is 35.7 Å². The van der Waals surface area contributed by atoms with Gasteiger partial charge in [-0.05, 0) is 54.8 Å². The Morgan fingerprint density at radius 1 is 0.917 bits per heavy atom. The molecule has 0 heterocycles. The third-order valence-electron chi connectivity index (χ3n) is 5.15. The summed E-state index contributed by atoms with van der Waals surface area (Å²) < 4.78 is 13.3. The molecular weight excluding hydrogens is 518 g/mol. The van der Waals surface area contributed by atoms with Crippen molar-refractivity contribution >= 4 is 46.8 Å². The first-order valence-electron chi connectivity index (χ1n) is 11.0. The number of halogens is 3. The first kappa shape index (κ1) is 31.1. The quantitative estimate of drug-likeness (QED) is 0.129. The number of rotatable bonds is 12. The van der Waals surface area contributed by atoms with E-state index in [1.165, 1.54) is 18.2 Å². The van der Waals surface area contributed by atoms with Gasteiger partial charge in [0, 0.05) is 6.54 Å². The predicted octanol–water partition coefficient (Wildman–Crippen LogP) is 4.31. The van der Waals surface area contributed by atoms with Gasteiger partial charge in [0.25, 0.3) is 0 Å². The molecule has 7 N–H and O–H groups in total. The van der Waals surface area contributed by atoms with Crippen molar-refractivity contribution in [3.63, 3.8) is 0 Å². The van der Waals surface area contributed by atoms with Crippen LogP contribution in [0.15, 0.2) is 36.4 Å². The highest BCUT2D eigenvalue weighted by molar-refractivity contribution is 6.38. The van der Waals surface area contributed by atoms with Gasteiger partial charge < -0.3 is 31.5 Å². The first-order valence-corrected chi connectivity index (χ1v) is 11.8. The third-order valence-corrected chi connectivity index (χ3v) is 5.78. The maximum absolute atomic E-state index is 13.3. The number of aliphatic hydroxyl groups excluding tert-OH is 1. The van der Waals surface area contributed by atoms with Gasteiger partial charge in [0.15, 0.2) is 0 Å². The molecule has 0 aliphatic carbocycles. The molecule has 0 aromatic heterocycles. The van der Waals surface area contributed by atoms with E-state index in [9.17, 15) is 19.4 Å². The van der Waals surface area contributed by atoms with Crippen molar-refractivity contribution in [1.82, 2.24) is 5.32 Å². The van der Waals surface area contributed by atoms with Gasteiger partial charge in [-0.3, -0.25) is 4.79 Å². The second kappa shape index (κ2) is 15.9. The minimum absolute atomic E-state index is 0.296. The minimum atomic E-state index is -1.82. The Morgan fingerprint density at radius 3 is 2.03 bits per heavy atom. The highest BCUT2D eigenvalue weighted by Gasteiger charge is 2.19. The molecule has 2 aromatic rings. The summed E-state index contributed by atoms with van der Waals surface area (Å²) in [5, 5.41) is 38.2. The lowest BCUT2D eigenvalue weighted by atomic mass is 9.93. The molecule has 0 amide bonds. The van der Waals surface area contributed by atoms with Crippen molar-refractivity contribution in [2.24, 2.45) is 0 Å². The molecule has 0 radical (unpaired) electrons. The van der Waals surface area contributed by atoms with E-state index in [-0.39, 0.29) is 0 Å². The van der Waals surface area contributed by atoms with Crippen LogP contribution >= 0.6 is 23.2 Å². The second-order valence-corrected chi connectivity index (χ2v) is 8.69. The molecule has 0 saturated carbocycles. The Labute approximate surface area is 217 Å². The standard InChI is InChI=1S/C22H27Cl2FN2O3.C2H2O4/c23-18-11-15(12-19(24)21(18)26)20(28)13-27-9-4-2-1-3-8-17(22(29)30)14-6-5-7-16(25)10-14;3-1(4)2(5)6/h5-7,10-12,17,20,27-28H,1-4,8-9,13,26H2,(H,29,30);(H,3,4)(H,5,6). The number of unbranched alkanes of at least 4 members (excludes halogenated alkanes) is 3. The summed E-state index contributed by atoms with van der Waals surface area (Å²) in [6, 6.07) is 8.99. The maximum atomic E-state index is 13.3. The van der Waals surface area contributed by atoms with Crippen LogP contribution in [0.1, 0.15) is 55.3 Å². The van der Waals surface area contributed by atoms with Crippen molar-refractivity contribution in [2.75, 3.05) is 18.8 Å². The average molecular weight is 547 g/mol. The molecule has 0 bridgehead atoms. The van der Waals surface area contributed by atoms with Gasteiger partial charge in [0.1, 0.15) is 5.82 Å². The van der Waals surface area contributed by atoms with Crippen molar-refractivity contribution in [3.8, 4) is 0 Å². The zero-order valence-electron chi connectivity index (χ0n) is 19.3. The number of benzene rings is 2. The largest absolute Gasteiger partial charge is 0.481 e. The van der Waals surface area contributed by atoms with Crippen LogP contribution < -0.4 is 11.1 Å². The van der Waals surface area contributed by atoms with Crippen molar-refractivity contribution < 1.29 is 39.2 Å². The summed E-state index contributed by atoms with van der Waals surface area (Å²) in [6.45, 7) is 1.08. The number of hydrogen-bond acceptors (Lipinski definition) is 6. The lowest BCUT2D eigenvalue weighted by Gasteiger charge is -2.14. The van der Waals surface area contributed by atoms with E-state index in [1.807, 2.05) is 0 Å². The summed E-state index contributed by atoms with van der Waals surface area (Å²) in [5.41, 5.74) is 7.09. The number of anilines is 1. The Balaban J connectivity index is 0.000000960. The fourth-order valence-electron chi connectivity index (χ4n) is 3.26. The number of aliphatic carboxylic acids is 3. The zero-order valence-corrected chi connectivity index (χ0v) is 20.8. The summed E-state index contributed by atoms with van der Waals surface area (Å²) >= 11 is 12.0. The van der Waals surface area contributed by atoms with Gasteiger partial charge in [-0.15, -0.1) is 0 Å². The fraction of sp³-hybridized carbons (Fsp3) is 0.375. The van der Waals surface area contributed by atoms with Crippen LogP contribution in [0.2, 0.25) is 10.0 Å². The van der Waals surface area contributed by atoms with Gasteiger partial charge in [-0.1, -0.05) is 54.6 Å². The lowest BCUT2D eigenvalue weighted by molar-refractivity contribution is -0.159. The van der Waals surface area contributed by atoms with Gasteiger partial charge in [0.2, 0.25) is 0 Å². The average Bonchev–Trinajstić information content (AvgIpc) is 2.81. The lowest BCUT2D eigenvalue weighted by Crippen LogP contribution is -2.22. The Kier molecular flexibility index (Phi) is 13.8. The number of carboxylic acids is 3. The van der Waals surface area contributed by atoms with E-state index >= 15 is 0 Å². The summed E-state index contributed by atoms with van der Waals surface area (Å²) in [4.78, 5) is 29.7. The van der Waals surface area contributed by atoms with Crippen LogP contribution in [-0.2, 0) is 14.4 Å². The SMILES string of the molecule is Nc1c(Cl)cc(C(O)CNCCCCCCC(C(=O)O)c2cccc(F)c2)cc1Cl.O=C(O)C(=O)O. The molecule has 9 nitrogen and oxygen atoms in total. The molecule has 36 heavy (non-hydrogen) atoms. The molecule has 2 rings (SSSR count). The fourth-order valence-corrected chi connectivity index (χ4v) is 3.76. The van der Waals surface area contributed by atoms with E-state index in [4.69, 9.17) is 48.7 Å². The van der Waals surface area contributed by atoms with Crippen LogP contribution in [0.25, 0.3) is 0 Å². The molecular formula is C24H29Cl2FN2O7. The smallest absolute Gasteiger partial charge is 0.414 e. The first-order chi connectivity index (χ1) is 16.9. The minimum Gasteiger partial charge on any atom is -0.481 e. The molecule has 2 unspecified atom stereocenters. The van der Waals surface area contributed by atoms with Gasteiger partial charge >= 0.3 is 17.9 Å². The molecule has 198 valence electrons. The Morgan fingerprint density at radius 2 is 1.50 bits per heavy atom. The molecule has 0 saturated heterocycles. The molecule has 2 atom stereocenters. The van der Waals surface area contributed by atoms with E-state index in [2.05, 4.69) is 5.32 Å². The number of aliphatic hydroxyl groups is 1. The summed E-state index contributed by atoms with van der Waals surface area (Å²) in [6.07, 6.45) is 3.18. The van der Waals surface area contributed by atoms with Crippen LogP contribution in [0.4, 0.5) is 10.1 Å². The number of carboxylic acid groups (broad SMARTS) is 3. The summed E-state index contributed by atoms with van der Waals surface area (Å²) in [5.74, 6) is -5.69. The molecule has 0 aliphatic heterocycles. The van der Waals surface area contributed by atoms with Crippen molar-refractivity contribution in [3.05, 3.63) is 63.4 Å². The number of nitrogen functional groups attached to an aromatic ring is 1. The van der Waals surface area contributed by atoms with Crippen LogP contribution in [0.5, 0.6) is 0 Å². The molecule has 2 aromatic carbocycles. The number of nitrogens with one attached hydrogen (secondary N) is 1. The Hall–Kier alpha value is -2.92. The van der Waals surface area contributed by atoms with Crippen molar-refractivity contribution in [2.45, 2.75) is 44.1 Å². The number of hydrogen-bond donors (Lipinski definition) is 6. The summed E-state index contributed by atoms with van der Waals surface area (Å²) in [7, 11) is 0. The van der Waals surface area contributed by atoms with Crippen molar-refractivity contribution in [1.29, 1.82) is 0 Å². The van der Waals surface area contributed by atoms with E-state index in [0.717, 1.165) is 32.2 Å². The van der Waals surface area contributed by atoms with E-state index in [0.29, 0.717) is 39.8 Å². The van der Waals surface area contributed by atoms with Crippen LogP contribution in [0.3, 0.4) is 0 Å². The monoisotopic (exact) mass is 546 g/mol. The highest BCUT2D eigenvalue weighted by Crippen LogP contribution is 2.31. The van der Waals surface area contributed by atoms with Gasteiger partial charge in [-0.2, -0.15) is 0 Å². The third kappa shape index (κ3) is 11.2. The van der Waals surface area contributed by atoms with Gasteiger partial charge in [0.05, 0.1) is 27.8 Å². The molecule has 0 fully saturated rings. The normalized spacial score (nSPS) is 12.2. The second-order valence-electron chi connectivity index (χ2n) is 7.88. The Bertz CT molecular complexity index is 1000. The highest BCUT2D eigenvalue weighted by atomic mass is 35.5. The molecule has 12 heteroatoms. The zero-order chi connectivity index (χ0) is 27.3. The molecule has 0 aliphatic rings. The predicted molar refractivity (Wildman–Crippen MR) is 134 cm³/mol. The topological polar surface area (TPSA) is 170 Å². The van der Waals surface area contributed by atoms with Crippen LogP contribution in [0, 0.1) is 5.82 Å². The maximum Gasteiger partial charge on any atom is 0.414 e. The number of carbonyl (C=O) groups is 3. The molecule has 0 spiro atoms.